The van der Waals surface area contributed by atoms with Gasteiger partial charge in [0.15, 0.2) is 5.00 Å². The Hall–Kier alpha value is -1.19. The number of nitrogens with one attached hydrogen (secondary N) is 1. The first-order valence-electron chi connectivity index (χ1n) is 6.27. The Balaban J connectivity index is 2.61. The van der Waals surface area contributed by atoms with Crippen molar-refractivity contribution in [3.05, 3.63) is 16.2 Å². The van der Waals surface area contributed by atoms with Crippen LogP contribution in [0.1, 0.15) is 33.1 Å². The maximum absolute atomic E-state index is 11.9. The monoisotopic (exact) mass is 321 g/mol. The molecule has 1 rings (SSSR count). The molecule has 0 saturated heterocycles. The minimum Gasteiger partial charge on any atom is -0.385 e. The van der Waals surface area contributed by atoms with E-state index in [0.29, 0.717) is 23.8 Å². The van der Waals surface area contributed by atoms with Gasteiger partial charge in [0.05, 0.1) is 4.92 Å². The van der Waals surface area contributed by atoms with Crippen molar-refractivity contribution in [2.75, 3.05) is 12.3 Å². The third-order valence-corrected chi connectivity index (χ3v) is 5.57. The highest BCUT2D eigenvalue weighted by atomic mass is 32.2. The Morgan fingerprint density at radius 1 is 1.45 bits per heavy atom. The van der Waals surface area contributed by atoms with Crippen LogP contribution in [-0.2, 0) is 10.0 Å². The minimum absolute atomic E-state index is 0.102. The van der Waals surface area contributed by atoms with Crippen molar-refractivity contribution in [3.8, 4) is 0 Å². The van der Waals surface area contributed by atoms with Crippen LogP contribution in [0, 0.1) is 16.0 Å². The number of sulfonamides is 1. The van der Waals surface area contributed by atoms with Gasteiger partial charge in [-0.25, -0.2) is 13.1 Å². The molecule has 9 heteroatoms. The zero-order chi connectivity index (χ0) is 15.3. The number of nitrogens with two attached hydrogens (primary N) is 1. The van der Waals surface area contributed by atoms with E-state index in [2.05, 4.69) is 18.6 Å². The lowest BCUT2D eigenvalue weighted by molar-refractivity contribution is -0.383. The van der Waals surface area contributed by atoms with Gasteiger partial charge in [-0.05, 0) is 12.3 Å². The van der Waals surface area contributed by atoms with E-state index in [1.165, 1.54) is 0 Å². The van der Waals surface area contributed by atoms with E-state index in [9.17, 15) is 18.5 Å². The molecular formula is C11H19N3O4S2. The topological polar surface area (TPSA) is 115 Å². The Morgan fingerprint density at radius 3 is 2.60 bits per heavy atom. The summed E-state index contributed by atoms with van der Waals surface area (Å²) in [5.41, 5.74) is 5.07. The van der Waals surface area contributed by atoms with Crippen LogP contribution in [0.3, 0.4) is 0 Å². The molecule has 1 heterocycles. The molecule has 0 unspecified atom stereocenters. The second-order valence-corrected chi connectivity index (χ2v) is 7.94. The van der Waals surface area contributed by atoms with Crippen LogP contribution in [0.2, 0.25) is 0 Å². The summed E-state index contributed by atoms with van der Waals surface area (Å²) in [5.74, 6) is 0.589. The van der Waals surface area contributed by atoms with Crippen LogP contribution in [0.15, 0.2) is 10.3 Å². The van der Waals surface area contributed by atoms with Gasteiger partial charge in [-0.1, -0.05) is 38.0 Å². The molecule has 1 aromatic heterocycles. The number of thiophene rings is 1. The van der Waals surface area contributed by atoms with Gasteiger partial charge < -0.3 is 5.73 Å². The molecule has 0 atom stereocenters. The van der Waals surface area contributed by atoms with Gasteiger partial charge in [0.1, 0.15) is 4.21 Å². The average Bonchev–Trinajstić information content (AvgIpc) is 2.71. The van der Waals surface area contributed by atoms with E-state index >= 15 is 0 Å². The maximum Gasteiger partial charge on any atom is 0.304 e. The van der Waals surface area contributed by atoms with Crippen molar-refractivity contribution in [3.63, 3.8) is 0 Å². The van der Waals surface area contributed by atoms with Gasteiger partial charge in [-0.2, -0.15) is 0 Å². The predicted octanol–water partition coefficient (Wildman–Crippen LogP) is 2.34. The SMILES string of the molecule is CC(C)CCCCNS(=O)(=O)c1cc([N+](=O)[O-])c(N)s1. The molecule has 7 nitrogen and oxygen atoms in total. The molecule has 0 fully saturated rings. The second kappa shape index (κ2) is 7.00. The number of nitro groups is 1. The fourth-order valence-electron chi connectivity index (χ4n) is 1.60. The van der Waals surface area contributed by atoms with E-state index in [0.717, 1.165) is 25.3 Å². The highest BCUT2D eigenvalue weighted by molar-refractivity contribution is 7.91. The Bertz CT molecular complexity index is 566. The fraction of sp³-hybridized carbons (Fsp3) is 0.636. The van der Waals surface area contributed by atoms with Crippen LogP contribution < -0.4 is 10.5 Å². The summed E-state index contributed by atoms with van der Waals surface area (Å²) < 4.78 is 26.2. The quantitative estimate of drug-likeness (QED) is 0.433. The average molecular weight is 321 g/mol. The molecule has 0 spiro atoms. The van der Waals surface area contributed by atoms with Crippen molar-refractivity contribution in [1.82, 2.24) is 4.72 Å². The highest BCUT2D eigenvalue weighted by Crippen LogP contribution is 2.34. The van der Waals surface area contributed by atoms with Crippen LogP contribution in [0.5, 0.6) is 0 Å². The molecule has 3 N–H and O–H groups in total. The standard InChI is InChI=1S/C11H19N3O4S2/c1-8(2)5-3-4-6-13-20(17,18)10-7-9(14(15)16)11(12)19-10/h7-8,13H,3-6,12H2,1-2H3. The number of unbranched alkanes of at least 4 members (excludes halogenated alkanes) is 1. The van der Waals surface area contributed by atoms with Crippen LogP contribution in [0.4, 0.5) is 10.7 Å². The molecule has 0 amide bonds. The smallest absolute Gasteiger partial charge is 0.304 e. The van der Waals surface area contributed by atoms with Gasteiger partial charge in [0, 0.05) is 12.6 Å². The molecule has 0 radical (unpaired) electrons. The lowest BCUT2D eigenvalue weighted by Gasteiger charge is -2.05. The Labute approximate surface area is 122 Å². The molecule has 0 aromatic carbocycles. The van der Waals surface area contributed by atoms with E-state index < -0.39 is 14.9 Å². The molecule has 0 aliphatic heterocycles. The number of hydrogen-bond acceptors (Lipinski definition) is 6. The predicted molar refractivity (Wildman–Crippen MR) is 79.3 cm³/mol. The third-order valence-electron chi connectivity index (χ3n) is 2.68. The maximum atomic E-state index is 11.9. The van der Waals surface area contributed by atoms with Crippen molar-refractivity contribution in [1.29, 1.82) is 0 Å². The summed E-state index contributed by atoms with van der Waals surface area (Å²) in [6.07, 6.45) is 2.71. The molecule has 0 aliphatic rings. The number of hydrogen-bond donors (Lipinski definition) is 2. The molecular weight excluding hydrogens is 302 g/mol. The first-order valence-corrected chi connectivity index (χ1v) is 8.57. The van der Waals surface area contributed by atoms with Gasteiger partial charge in [0.2, 0.25) is 10.0 Å². The van der Waals surface area contributed by atoms with E-state index in [-0.39, 0.29) is 14.9 Å². The molecule has 114 valence electrons. The van der Waals surface area contributed by atoms with Crippen LogP contribution >= 0.6 is 11.3 Å². The summed E-state index contributed by atoms with van der Waals surface area (Å²) in [4.78, 5) is 9.96. The number of anilines is 1. The Morgan fingerprint density at radius 2 is 2.10 bits per heavy atom. The number of nitrogen functional groups attached to an aromatic ring is 1. The second-order valence-electron chi connectivity index (χ2n) is 4.86. The molecule has 20 heavy (non-hydrogen) atoms. The third kappa shape index (κ3) is 4.73. The van der Waals surface area contributed by atoms with Crippen molar-refractivity contribution < 1.29 is 13.3 Å². The molecule has 0 aliphatic carbocycles. The van der Waals surface area contributed by atoms with Crippen LogP contribution in [-0.4, -0.2) is 19.9 Å². The van der Waals surface area contributed by atoms with Gasteiger partial charge in [-0.3, -0.25) is 10.1 Å². The van der Waals surface area contributed by atoms with E-state index in [4.69, 9.17) is 5.73 Å². The van der Waals surface area contributed by atoms with Crippen molar-refractivity contribution in [2.24, 2.45) is 5.92 Å². The lowest BCUT2D eigenvalue weighted by atomic mass is 10.1. The summed E-state index contributed by atoms with van der Waals surface area (Å²) in [5, 5.41) is 10.5. The Kier molecular flexibility index (Phi) is 5.90. The summed E-state index contributed by atoms with van der Waals surface area (Å²) in [7, 11) is -3.71. The summed E-state index contributed by atoms with van der Waals surface area (Å²) in [6.45, 7) is 4.54. The largest absolute Gasteiger partial charge is 0.385 e. The van der Waals surface area contributed by atoms with Crippen molar-refractivity contribution >= 4 is 32.0 Å². The number of rotatable bonds is 8. The zero-order valence-electron chi connectivity index (χ0n) is 11.5. The van der Waals surface area contributed by atoms with Crippen LogP contribution in [0.25, 0.3) is 0 Å². The van der Waals surface area contributed by atoms with Gasteiger partial charge in [0.25, 0.3) is 0 Å². The molecule has 0 bridgehead atoms. The van der Waals surface area contributed by atoms with E-state index in [1.54, 1.807) is 0 Å². The minimum atomic E-state index is -3.71. The fourth-order valence-corrected chi connectivity index (χ4v) is 3.94. The van der Waals surface area contributed by atoms with Gasteiger partial charge in [-0.15, -0.1) is 0 Å². The first-order chi connectivity index (χ1) is 9.24. The summed E-state index contributed by atoms with van der Waals surface area (Å²) in [6, 6.07) is 0.996. The molecule has 1 aromatic rings. The lowest BCUT2D eigenvalue weighted by Crippen LogP contribution is -2.24. The normalized spacial score (nSPS) is 11.9. The zero-order valence-corrected chi connectivity index (χ0v) is 13.1. The summed E-state index contributed by atoms with van der Waals surface area (Å²) >= 11 is 0.704. The van der Waals surface area contributed by atoms with Gasteiger partial charge >= 0.3 is 5.69 Å². The number of nitrogens with zero attached hydrogens (tertiary/aromatic N) is 1. The first kappa shape index (κ1) is 16.9. The molecule has 0 saturated carbocycles. The van der Waals surface area contributed by atoms with Crippen molar-refractivity contribution in [2.45, 2.75) is 37.3 Å². The van der Waals surface area contributed by atoms with E-state index in [1.807, 2.05) is 0 Å². The highest BCUT2D eigenvalue weighted by Gasteiger charge is 2.24.